The summed E-state index contributed by atoms with van der Waals surface area (Å²) in [6.45, 7) is 3.23. The van der Waals surface area contributed by atoms with Crippen LogP contribution in [-0.4, -0.2) is 45.1 Å². The SMILES string of the molecule is Cl.Cn1c(SCCCN2CC[C@]3(C[C@@H]3c3ccc(C(F)(F)F)cc3)C2)nnc1C1CCCCC1. The van der Waals surface area contributed by atoms with Crippen molar-refractivity contribution in [1.29, 1.82) is 0 Å². The molecule has 188 valence electrons. The third-order valence-corrected chi connectivity index (χ3v) is 9.09. The van der Waals surface area contributed by atoms with Gasteiger partial charge in [0, 0.05) is 25.3 Å². The Balaban J connectivity index is 0.00000274. The Morgan fingerprint density at radius 3 is 2.53 bits per heavy atom. The van der Waals surface area contributed by atoms with Crippen molar-refractivity contribution in [3.63, 3.8) is 0 Å². The lowest BCUT2D eigenvalue weighted by atomic mass is 9.89. The molecule has 0 amide bonds. The summed E-state index contributed by atoms with van der Waals surface area (Å²) >= 11 is 1.80. The van der Waals surface area contributed by atoms with Gasteiger partial charge in [0.2, 0.25) is 0 Å². The standard InChI is InChI=1S/C25H33F3N4S.ClH/c1-31-22(19-6-3-2-4-7-19)29-30-23(31)33-15-5-13-32-14-12-24(17-32)16-21(24)18-8-10-20(11-9-18)25(26,27)28;/h8-11,19,21H,2-7,12-17H2,1H3;1H/t21-,24+;/m1./s1. The summed E-state index contributed by atoms with van der Waals surface area (Å²) in [4.78, 5) is 2.54. The van der Waals surface area contributed by atoms with Crippen molar-refractivity contribution < 1.29 is 13.2 Å². The van der Waals surface area contributed by atoms with Crippen molar-refractivity contribution in [1.82, 2.24) is 19.7 Å². The summed E-state index contributed by atoms with van der Waals surface area (Å²) in [6, 6.07) is 5.84. The molecule has 2 aliphatic carbocycles. The predicted molar refractivity (Wildman–Crippen MR) is 132 cm³/mol. The zero-order valence-electron chi connectivity index (χ0n) is 19.7. The summed E-state index contributed by atoms with van der Waals surface area (Å²) in [5, 5.41) is 9.97. The highest BCUT2D eigenvalue weighted by Crippen LogP contribution is 2.64. The number of hydrogen-bond acceptors (Lipinski definition) is 4. The van der Waals surface area contributed by atoms with E-state index in [1.54, 1.807) is 23.9 Å². The van der Waals surface area contributed by atoms with Crippen molar-refractivity contribution in [3.8, 4) is 0 Å². The molecule has 2 atom stereocenters. The number of hydrogen-bond donors (Lipinski definition) is 0. The second kappa shape index (κ2) is 10.4. The first-order valence-electron chi connectivity index (χ1n) is 12.3. The Bertz CT molecular complexity index is 958. The van der Waals surface area contributed by atoms with Gasteiger partial charge in [-0.1, -0.05) is 43.2 Å². The second-order valence-electron chi connectivity index (χ2n) is 10.2. The van der Waals surface area contributed by atoms with Crippen LogP contribution in [0.4, 0.5) is 13.2 Å². The van der Waals surface area contributed by atoms with Gasteiger partial charge in [0.05, 0.1) is 5.56 Å². The van der Waals surface area contributed by atoms with Crippen molar-refractivity contribution in [2.45, 2.75) is 74.5 Å². The van der Waals surface area contributed by atoms with E-state index in [4.69, 9.17) is 0 Å². The van der Waals surface area contributed by atoms with Crippen LogP contribution in [0.25, 0.3) is 0 Å². The lowest BCUT2D eigenvalue weighted by molar-refractivity contribution is -0.137. The molecule has 34 heavy (non-hydrogen) atoms. The fourth-order valence-corrected chi connectivity index (χ4v) is 6.81. The molecule has 2 saturated carbocycles. The van der Waals surface area contributed by atoms with Gasteiger partial charge in [0.25, 0.3) is 0 Å². The van der Waals surface area contributed by atoms with Crippen LogP contribution in [0.2, 0.25) is 0 Å². The van der Waals surface area contributed by atoms with Crippen molar-refractivity contribution in [2.75, 3.05) is 25.4 Å². The van der Waals surface area contributed by atoms with Crippen molar-refractivity contribution in [2.24, 2.45) is 12.5 Å². The molecule has 2 aromatic rings. The molecule has 1 saturated heterocycles. The maximum Gasteiger partial charge on any atom is 0.416 e. The quantitative estimate of drug-likeness (QED) is 0.305. The van der Waals surface area contributed by atoms with Gasteiger partial charge in [-0.3, -0.25) is 0 Å². The number of thioether (sulfide) groups is 1. The maximum atomic E-state index is 12.8. The third-order valence-electron chi connectivity index (χ3n) is 7.98. The molecule has 1 spiro atoms. The van der Waals surface area contributed by atoms with Gasteiger partial charge in [0.15, 0.2) is 5.16 Å². The number of halogens is 4. The first-order chi connectivity index (χ1) is 15.9. The normalized spacial score (nSPS) is 25.6. The van der Waals surface area contributed by atoms with Crippen molar-refractivity contribution >= 4 is 24.2 Å². The van der Waals surface area contributed by atoms with Gasteiger partial charge in [0.1, 0.15) is 5.82 Å². The topological polar surface area (TPSA) is 34.0 Å². The monoisotopic (exact) mass is 514 g/mol. The van der Waals surface area contributed by atoms with E-state index < -0.39 is 11.7 Å². The molecular formula is C25H34ClF3N4S. The first kappa shape index (κ1) is 25.8. The van der Waals surface area contributed by atoms with E-state index in [9.17, 15) is 13.2 Å². The number of rotatable bonds is 7. The zero-order valence-corrected chi connectivity index (χ0v) is 21.3. The number of likely N-dealkylation sites (tertiary alicyclic amines) is 1. The summed E-state index contributed by atoms with van der Waals surface area (Å²) in [5.74, 6) is 3.17. The molecule has 0 unspecified atom stereocenters. The Labute approximate surface area is 210 Å². The molecule has 0 radical (unpaired) electrons. The molecular weight excluding hydrogens is 481 g/mol. The van der Waals surface area contributed by atoms with E-state index >= 15 is 0 Å². The van der Waals surface area contributed by atoms with Crippen LogP contribution in [0.5, 0.6) is 0 Å². The molecule has 4 nitrogen and oxygen atoms in total. The van der Waals surface area contributed by atoms with Crippen molar-refractivity contribution in [3.05, 3.63) is 41.2 Å². The highest BCUT2D eigenvalue weighted by molar-refractivity contribution is 7.99. The number of alkyl halides is 3. The average molecular weight is 515 g/mol. The summed E-state index contributed by atoms with van der Waals surface area (Å²) in [6.07, 6.45) is 5.53. The average Bonchev–Trinajstić information content (AvgIpc) is 3.15. The summed E-state index contributed by atoms with van der Waals surface area (Å²) in [7, 11) is 2.10. The number of benzene rings is 1. The predicted octanol–water partition coefficient (Wildman–Crippen LogP) is 6.67. The van der Waals surface area contributed by atoms with Crippen LogP contribution in [0.1, 0.15) is 80.2 Å². The fourth-order valence-electron chi connectivity index (χ4n) is 5.97. The summed E-state index contributed by atoms with van der Waals surface area (Å²) < 4.78 is 40.7. The van der Waals surface area contributed by atoms with Crippen LogP contribution in [0.3, 0.4) is 0 Å². The third kappa shape index (κ3) is 5.44. The van der Waals surface area contributed by atoms with Crippen LogP contribution in [0, 0.1) is 5.41 Å². The highest BCUT2D eigenvalue weighted by Gasteiger charge is 2.57. The first-order valence-corrected chi connectivity index (χ1v) is 13.3. The van der Waals surface area contributed by atoms with Gasteiger partial charge < -0.3 is 9.47 Å². The number of nitrogens with zero attached hydrogens (tertiary/aromatic N) is 4. The van der Waals surface area contributed by atoms with Crippen LogP contribution >= 0.6 is 24.2 Å². The van der Waals surface area contributed by atoms with E-state index in [1.165, 1.54) is 44.2 Å². The molecule has 1 aliphatic heterocycles. The molecule has 3 fully saturated rings. The minimum atomic E-state index is -4.26. The van der Waals surface area contributed by atoms with Gasteiger partial charge in [-0.2, -0.15) is 13.2 Å². The van der Waals surface area contributed by atoms with E-state index in [2.05, 4.69) is 26.7 Å². The Morgan fingerprint density at radius 1 is 1.09 bits per heavy atom. The maximum absolute atomic E-state index is 12.8. The van der Waals surface area contributed by atoms with Gasteiger partial charge in [-0.25, -0.2) is 0 Å². The molecule has 0 bridgehead atoms. The van der Waals surface area contributed by atoms with E-state index in [0.717, 1.165) is 61.2 Å². The minimum Gasteiger partial charge on any atom is -0.309 e. The Hall–Kier alpha value is -1.25. The molecule has 3 aliphatic rings. The van der Waals surface area contributed by atoms with Gasteiger partial charge in [-0.15, -0.1) is 22.6 Å². The van der Waals surface area contributed by atoms with Crippen LogP contribution < -0.4 is 0 Å². The smallest absolute Gasteiger partial charge is 0.309 e. The van der Waals surface area contributed by atoms with Gasteiger partial charge >= 0.3 is 6.18 Å². The van der Waals surface area contributed by atoms with E-state index in [1.807, 2.05) is 0 Å². The zero-order chi connectivity index (χ0) is 23.1. The molecule has 5 rings (SSSR count). The molecule has 1 aromatic carbocycles. The summed E-state index contributed by atoms with van der Waals surface area (Å²) in [5.41, 5.74) is 0.794. The lowest BCUT2D eigenvalue weighted by Gasteiger charge is -2.20. The van der Waals surface area contributed by atoms with E-state index in [-0.39, 0.29) is 17.8 Å². The van der Waals surface area contributed by atoms with E-state index in [0.29, 0.717) is 11.8 Å². The van der Waals surface area contributed by atoms with Crippen LogP contribution in [0.15, 0.2) is 29.4 Å². The Morgan fingerprint density at radius 2 is 1.82 bits per heavy atom. The second-order valence-corrected chi connectivity index (χ2v) is 11.3. The molecule has 1 aromatic heterocycles. The molecule has 0 N–H and O–H groups in total. The van der Waals surface area contributed by atoms with Gasteiger partial charge in [-0.05, 0) is 74.2 Å². The number of aromatic nitrogens is 3. The minimum absolute atomic E-state index is 0. The lowest BCUT2D eigenvalue weighted by Crippen LogP contribution is -2.23. The fraction of sp³-hybridized carbons (Fsp3) is 0.680. The highest BCUT2D eigenvalue weighted by atomic mass is 35.5. The van der Waals surface area contributed by atoms with Crippen LogP contribution in [-0.2, 0) is 13.2 Å². The molecule has 9 heteroatoms. The largest absolute Gasteiger partial charge is 0.416 e. The molecule has 2 heterocycles. The Kier molecular flexibility index (Phi) is 7.89.